The average Bonchev–Trinajstić information content (AvgIpc) is 3.58. The van der Waals surface area contributed by atoms with Crippen molar-refractivity contribution in [2.24, 2.45) is 0 Å². The SMILES string of the molecule is O=C(NCc1ccco1)C(c1ccccc1)N(Cc1ccc(Cl)cc1)C(=O)COc1ccc(S(=O)(=O)N2CCOCC2)cc1. The van der Waals surface area contributed by atoms with Gasteiger partial charge < -0.3 is 24.1 Å². The van der Waals surface area contributed by atoms with Gasteiger partial charge in [0.15, 0.2) is 6.61 Å². The quantitative estimate of drug-likeness (QED) is 0.244. The molecule has 2 amide bonds. The van der Waals surface area contributed by atoms with E-state index in [1.54, 1.807) is 60.7 Å². The normalized spacial score (nSPS) is 14.5. The number of amides is 2. The molecule has 10 nitrogen and oxygen atoms in total. The lowest BCUT2D eigenvalue weighted by molar-refractivity contribution is -0.143. The number of hydrogen-bond acceptors (Lipinski definition) is 7. The number of sulfonamides is 1. The van der Waals surface area contributed by atoms with Gasteiger partial charge in [-0.2, -0.15) is 4.31 Å². The fourth-order valence-corrected chi connectivity index (χ4v) is 6.31. The summed E-state index contributed by atoms with van der Waals surface area (Å²) in [6.07, 6.45) is 1.52. The van der Waals surface area contributed by atoms with Gasteiger partial charge in [0, 0.05) is 24.7 Å². The van der Waals surface area contributed by atoms with E-state index in [0.717, 1.165) is 5.56 Å². The highest BCUT2D eigenvalue weighted by Gasteiger charge is 2.32. The number of nitrogens with zero attached hydrogens (tertiary/aromatic N) is 2. The molecule has 1 unspecified atom stereocenters. The molecule has 12 heteroatoms. The van der Waals surface area contributed by atoms with Crippen molar-refractivity contribution in [1.29, 1.82) is 0 Å². The standard InChI is InChI=1S/C32H32ClN3O7S/c33-26-10-8-24(9-11-26)22-36(31(25-5-2-1-3-6-25)32(38)34-21-28-7-4-18-42-28)30(37)23-43-27-12-14-29(15-13-27)44(39,40)35-16-19-41-20-17-35/h1-15,18,31H,16-17,19-23H2,(H,34,38). The van der Waals surface area contributed by atoms with Gasteiger partial charge in [-0.05, 0) is 59.7 Å². The zero-order valence-electron chi connectivity index (χ0n) is 23.8. The minimum atomic E-state index is -3.67. The van der Waals surface area contributed by atoms with Crippen molar-refractivity contribution < 1.29 is 31.9 Å². The Kier molecular flexibility index (Phi) is 10.3. The molecule has 2 heterocycles. The summed E-state index contributed by atoms with van der Waals surface area (Å²) in [5, 5.41) is 3.42. The molecule has 1 aromatic heterocycles. The molecule has 1 fully saturated rings. The van der Waals surface area contributed by atoms with Crippen molar-refractivity contribution in [1.82, 2.24) is 14.5 Å². The molecule has 0 radical (unpaired) electrons. The van der Waals surface area contributed by atoms with E-state index in [4.69, 9.17) is 25.5 Å². The van der Waals surface area contributed by atoms with Crippen LogP contribution in [0.3, 0.4) is 0 Å². The summed E-state index contributed by atoms with van der Waals surface area (Å²) in [7, 11) is -3.67. The molecule has 230 valence electrons. The van der Waals surface area contributed by atoms with E-state index in [1.807, 2.05) is 6.07 Å². The molecule has 1 saturated heterocycles. The molecule has 1 aliphatic heterocycles. The first-order chi connectivity index (χ1) is 21.3. The first-order valence-corrected chi connectivity index (χ1v) is 15.8. The number of hydrogen-bond donors (Lipinski definition) is 1. The van der Waals surface area contributed by atoms with Gasteiger partial charge in [0.25, 0.3) is 5.91 Å². The highest BCUT2D eigenvalue weighted by Crippen LogP contribution is 2.26. The van der Waals surface area contributed by atoms with Crippen LogP contribution in [0.15, 0.2) is 107 Å². The lowest BCUT2D eigenvalue weighted by atomic mass is 10.0. The van der Waals surface area contributed by atoms with Crippen molar-refractivity contribution >= 4 is 33.4 Å². The van der Waals surface area contributed by atoms with Gasteiger partial charge in [-0.25, -0.2) is 8.42 Å². The number of halogens is 1. The van der Waals surface area contributed by atoms with Crippen LogP contribution in [0.1, 0.15) is 22.9 Å². The molecule has 1 aliphatic rings. The first kappa shape index (κ1) is 31.3. The molecule has 44 heavy (non-hydrogen) atoms. The third kappa shape index (κ3) is 7.86. The van der Waals surface area contributed by atoms with Crippen LogP contribution in [0.2, 0.25) is 5.02 Å². The number of carbonyl (C=O) groups is 2. The van der Waals surface area contributed by atoms with Gasteiger partial charge in [-0.3, -0.25) is 9.59 Å². The minimum Gasteiger partial charge on any atom is -0.484 e. The topological polar surface area (TPSA) is 118 Å². The Bertz CT molecular complexity index is 1630. The summed E-state index contributed by atoms with van der Waals surface area (Å²) in [5.74, 6) is 0.0342. The summed E-state index contributed by atoms with van der Waals surface area (Å²) in [6, 6.07) is 24.4. The van der Waals surface area contributed by atoms with Crippen molar-refractivity contribution in [3.8, 4) is 5.75 Å². The van der Waals surface area contributed by atoms with Crippen LogP contribution >= 0.6 is 11.6 Å². The summed E-state index contributed by atoms with van der Waals surface area (Å²) in [6.45, 7) is 1.13. The molecule has 1 atom stereocenters. The Balaban J connectivity index is 1.36. The van der Waals surface area contributed by atoms with Crippen LogP contribution in [0, 0.1) is 0 Å². The van der Waals surface area contributed by atoms with Crippen molar-refractivity contribution in [2.45, 2.75) is 24.0 Å². The van der Waals surface area contributed by atoms with E-state index in [1.165, 1.54) is 39.7 Å². The molecule has 0 saturated carbocycles. The van der Waals surface area contributed by atoms with E-state index in [-0.39, 0.29) is 31.1 Å². The van der Waals surface area contributed by atoms with Gasteiger partial charge in [-0.15, -0.1) is 0 Å². The fraction of sp³-hybridized carbons (Fsp3) is 0.250. The zero-order chi connectivity index (χ0) is 30.9. The second-order valence-electron chi connectivity index (χ2n) is 10.0. The Hall–Kier alpha value is -4.16. The maximum absolute atomic E-state index is 13.8. The van der Waals surface area contributed by atoms with Crippen LogP contribution in [-0.4, -0.2) is 62.3 Å². The molecule has 0 spiro atoms. The summed E-state index contributed by atoms with van der Waals surface area (Å²) >= 11 is 6.09. The predicted octanol–water partition coefficient (Wildman–Crippen LogP) is 4.42. The number of carbonyl (C=O) groups excluding carboxylic acids is 2. The lowest BCUT2D eigenvalue weighted by Crippen LogP contribution is -2.45. The molecule has 3 aromatic carbocycles. The molecule has 4 aromatic rings. The molecule has 5 rings (SSSR count). The number of furan rings is 1. The Morgan fingerprint density at radius 1 is 0.932 bits per heavy atom. The maximum atomic E-state index is 13.8. The Morgan fingerprint density at radius 2 is 1.64 bits per heavy atom. The van der Waals surface area contributed by atoms with Gasteiger partial charge in [0.1, 0.15) is 17.6 Å². The molecule has 0 aliphatic carbocycles. The van der Waals surface area contributed by atoms with Crippen LogP contribution in [0.25, 0.3) is 0 Å². The number of nitrogens with one attached hydrogen (secondary N) is 1. The van der Waals surface area contributed by atoms with Crippen LogP contribution in [0.4, 0.5) is 0 Å². The van der Waals surface area contributed by atoms with E-state index in [9.17, 15) is 18.0 Å². The van der Waals surface area contributed by atoms with Gasteiger partial charge in [-0.1, -0.05) is 54.1 Å². The summed E-state index contributed by atoms with van der Waals surface area (Å²) < 4.78 is 43.8. The fourth-order valence-electron chi connectivity index (χ4n) is 4.77. The first-order valence-electron chi connectivity index (χ1n) is 14.0. The van der Waals surface area contributed by atoms with Crippen LogP contribution in [0.5, 0.6) is 5.75 Å². The number of benzene rings is 3. The van der Waals surface area contributed by atoms with Gasteiger partial charge in [0.05, 0.1) is 30.9 Å². The van der Waals surface area contributed by atoms with Crippen LogP contribution < -0.4 is 10.1 Å². The zero-order valence-corrected chi connectivity index (χ0v) is 25.4. The van der Waals surface area contributed by atoms with Gasteiger partial charge >= 0.3 is 0 Å². The second-order valence-corrected chi connectivity index (χ2v) is 12.4. The number of rotatable bonds is 12. The molecule has 0 bridgehead atoms. The van der Waals surface area contributed by atoms with E-state index < -0.39 is 34.5 Å². The highest BCUT2D eigenvalue weighted by molar-refractivity contribution is 7.89. The number of ether oxygens (including phenoxy) is 2. The molecular weight excluding hydrogens is 606 g/mol. The van der Waals surface area contributed by atoms with Crippen LogP contribution in [-0.2, 0) is 37.4 Å². The van der Waals surface area contributed by atoms with Gasteiger partial charge in [0.2, 0.25) is 15.9 Å². The maximum Gasteiger partial charge on any atom is 0.261 e. The Labute approximate surface area is 261 Å². The van der Waals surface area contributed by atoms with E-state index in [0.29, 0.717) is 35.3 Å². The third-order valence-corrected chi connectivity index (χ3v) is 9.24. The molecule has 1 N–H and O–H groups in total. The molecular formula is C32H32ClN3O7S. The summed E-state index contributed by atoms with van der Waals surface area (Å²) in [5.41, 5.74) is 1.38. The van der Waals surface area contributed by atoms with E-state index >= 15 is 0 Å². The monoisotopic (exact) mass is 637 g/mol. The number of morpholine rings is 1. The smallest absolute Gasteiger partial charge is 0.261 e. The Morgan fingerprint density at radius 3 is 2.30 bits per heavy atom. The second kappa shape index (κ2) is 14.5. The largest absolute Gasteiger partial charge is 0.484 e. The van der Waals surface area contributed by atoms with Crippen molar-refractivity contribution in [2.75, 3.05) is 32.9 Å². The predicted molar refractivity (Wildman–Crippen MR) is 163 cm³/mol. The summed E-state index contributed by atoms with van der Waals surface area (Å²) in [4.78, 5) is 29.1. The highest BCUT2D eigenvalue weighted by atomic mass is 35.5. The van der Waals surface area contributed by atoms with E-state index in [2.05, 4.69) is 5.32 Å². The van der Waals surface area contributed by atoms with Crippen molar-refractivity contribution in [3.63, 3.8) is 0 Å². The average molecular weight is 638 g/mol. The lowest BCUT2D eigenvalue weighted by Gasteiger charge is -2.31. The van der Waals surface area contributed by atoms with Crippen molar-refractivity contribution in [3.05, 3.63) is 119 Å². The third-order valence-electron chi connectivity index (χ3n) is 7.07. The minimum absolute atomic E-state index is 0.101.